The Kier molecular flexibility index (Phi) is 4.13. The van der Waals surface area contributed by atoms with Crippen LogP contribution >= 0.6 is 0 Å². The molecule has 1 aliphatic heterocycles. The lowest BCUT2D eigenvalue weighted by Gasteiger charge is -2.36. The molecule has 2 rings (SSSR count). The predicted octanol–water partition coefficient (Wildman–Crippen LogP) is 1.09. The Hall–Kier alpha value is -1.10. The number of likely N-dealkylation sites (tertiary alicyclic amines) is 1. The zero-order chi connectivity index (χ0) is 14.0. The lowest BCUT2D eigenvalue weighted by Crippen LogP contribution is -2.52. The molecule has 0 bridgehead atoms. The summed E-state index contributed by atoms with van der Waals surface area (Å²) in [7, 11) is 0. The van der Waals surface area contributed by atoms with Gasteiger partial charge < -0.3 is 15.3 Å². The summed E-state index contributed by atoms with van der Waals surface area (Å²) in [5, 5.41) is 12.1. The van der Waals surface area contributed by atoms with Gasteiger partial charge >= 0.3 is 5.97 Å². The highest BCUT2D eigenvalue weighted by molar-refractivity contribution is 6.02. The molecule has 0 aromatic carbocycles. The summed E-state index contributed by atoms with van der Waals surface area (Å²) in [5.74, 6) is -0.794. The maximum atomic E-state index is 12.1. The molecule has 5 heteroatoms. The molecule has 2 aliphatic rings. The third kappa shape index (κ3) is 2.76. The summed E-state index contributed by atoms with van der Waals surface area (Å²) < 4.78 is 0. The Morgan fingerprint density at radius 2 is 2.11 bits per heavy atom. The Labute approximate surface area is 114 Å². The minimum atomic E-state index is -1.13. The van der Waals surface area contributed by atoms with Gasteiger partial charge in [-0.2, -0.15) is 0 Å². The van der Waals surface area contributed by atoms with Crippen molar-refractivity contribution in [2.45, 2.75) is 45.6 Å². The van der Waals surface area contributed by atoms with Gasteiger partial charge in [-0.15, -0.1) is 0 Å². The van der Waals surface area contributed by atoms with Crippen LogP contribution in [0.5, 0.6) is 0 Å². The minimum absolute atomic E-state index is 0.283. The fraction of sp³-hybridized carbons (Fsp3) is 0.857. The molecule has 1 atom stereocenters. The number of carbonyl (C=O) groups is 2. The molecule has 1 unspecified atom stereocenters. The van der Waals surface area contributed by atoms with Gasteiger partial charge in [0.25, 0.3) is 0 Å². The van der Waals surface area contributed by atoms with E-state index in [2.05, 4.69) is 24.1 Å². The maximum Gasteiger partial charge on any atom is 0.319 e. The van der Waals surface area contributed by atoms with Crippen molar-refractivity contribution in [1.29, 1.82) is 0 Å². The zero-order valence-corrected chi connectivity index (χ0v) is 11.8. The second-order valence-electron chi connectivity index (χ2n) is 6.19. The number of hydrogen-bond acceptors (Lipinski definition) is 3. The quantitative estimate of drug-likeness (QED) is 0.732. The van der Waals surface area contributed by atoms with Crippen LogP contribution in [-0.4, -0.2) is 47.6 Å². The SMILES string of the molecule is CC(C)N1CCC(CNC(=O)C2(C(=O)O)CCC2)C1. The van der Waals surface area contributed by atoms with Gasteiger partial charge in [-0.25, -0.2) is 0 Å². The molecule has 5 nitrogen and oxygen atoms in total. The summed E-state index contributed by atoms with van der Waals surface area (Å²) >= 11 is 0. The summed E-state index contributed by atoms with van der Waals surface area (Å²) in [6.45, 7) is 7.03. The van der Waals surface area contributed by atoms with E-state index in [0.717, 1.165) is 25.9 Å². The van der Waals surface area contributed by atoms with Crippen LogP contribution in [0.2, 0.25) is 0 Å². The van der Waals surface area contributed by atoms with Crippen LogP contribution in [0.25, 0.3) is 0 Å². The first-order valence-electron chi connectivity index (χ1n) is 7.21. The van der Waals surface area contributed by atoms with Gasteiger partial charge in [0, 0.05) is 19.1 Å². The topological polar surface area (TPSA) is 69.6 Å². The van der Waals surface area contributed by atoms with Crippen molar-refractivity contribution in [3.05, 3.63) is 0 Å². The lowest BCUT2D eigenvalue weighted by atomic mass is 9.68. The number of aliphatic carboxylic acids is 1. The number of amides is 1. The molecule has 108 valence electrons. The Bertz CT molecular complexity index is 364. The van der Waals surface area contributed by atoms with E-state index in [0.29, 0.717) is 31.3 Å². The van der Waals surface area contributed by atoms with Crippen LogP contribution in [0.3, 0.4) is 0 Å². The lowest BCUT2D eigenvalue weighted by molar-refractivity contribution is -0.162. The van der Waals surface area contributed by atoms with Gasteiger partial charge in [-0.05, 0) is 45.6 Å². The largest absolute Gasteiger partial charge is 0.480 e. The third-order valence-corrected chi connectivity index (χ3v) is 4.65. The minimum Gasteiger partial charge on any atom is -0.480 e. The summed E-state index contributed by atoms with van der Waals surface area (Å²) in [5.41, 5.74) is -1.13. The number of carboxylic acid groups (broad SMARTS) is 1. The monoisotopic (exact) mass is 268 g/mol. The van der Waals surface area contributed by atoms with Crippen LogP contribution < -0.4 is 5.32 Å². The average Bonchev–Trinajstić information content (AvgIpc) is 2.72. The summed E-state index contributed by atoms with van der Waals surface area (Å²) in [6, 6.07) is 0.540. The van der Waals surface area contributed by atoms with E-state index in [4.69, 9.17) is 0 Å². The van der Waals surface area contributed by atoms with Gasteiger partial charge in [0.05, 0.1) is 0 Å². The first-order valence-corrected chi connectivity index (χ1v) is 7.21. The molecule has 19 heavy (non-hydrogen) atoms. The van der Waals surface area contributed by atoms with Gasteiger partial charge in [0.15, 0.2) is 0 Å². The van der Waals surface area contributed by atoms with Crippen LogP contribution in [0, 0.1) is 11.3 Å². The highest BCUT2D eigenvalue weighted by Crippen LogP contribution is 2.41. The van der Waals surface area contributed by atoms with E-state index in [-0.39, 0.29) is 5.91 Å². The van der Waals surface area contributed by atoms with E-state index < -0.39 is 11.4 Å². The number of carbonyl (C=O) groups excluding carboxylic acids is 1. The number of nitrogens with one attached hydrogen (secondary N) is 1. The Morgan fingerprint density at radius 1 is 1.42 bits per heavy atom. The predicted molar refractivity (Wildman–Crippen MR) is 71.7 cm³/mol. The van der Waals surface area contributed by atoms with E-state index in [1.807, 2.05) is 0 Å². The van der Waals surface area contributed by atoms with Crippen molar-refractivity contribution in [2.75, 3.05) is 19.6 Å². The summed E-state index contributed by atoms with van der Waals surface area (Å²) in [6.07, 6.45) is 2.89. The van der Waals surface area contributed by atoms with E-state index >= 15 is 0 Å². The van der Waals surface area contributed by atoms with Gasteiger partial charge in [-0.3, -0.25) is 9.59 Å². The van der Waals surface area contributed by atoms with Gasteiger partial charge in [-0.1, -0.05) is 6.42 Å². The van der Waals surface area contributed by atoms with Crippen molar-refractivity contribution in [3.63, 3.8) is 0 Å². The van der Waals surface area contributed by atoms with E-state index in [9.17, 15) is 14.7 Å². The fourth-order valence-electron chi connectivity index (χ4n) is 2.97. The molecule has 2 fully saturated rings. The van der Waals surface area contributed by atoms with Crippen molar-refractivity contribution < 1.29 is 14.7 Å². The molecule has 1 saturated heterocycles. The number of hydrogen-bond donors (Lipinski definition) is 2. The van der Waals surface area contributed by atoms with Crippen LogP contribution in [0.1, 0.15) is 39.5 Å². The normalized spacial score (nSPS) is 26.2. The molecule has 1 heterocycles. The van der Waals surface area contributed by atoms with Crippen molar-refractivity contribution >= 4 is 11.9 Å². The molecule has 1 aliphatic carbocycles. The van der Waals surface area contributed by atoms with Crippen LogP contribution in [-0.2, 0) is 9.59 Å². The molecule has 1 amide bonds. The van der Waals surface area contributed by atoms with Crippen molar-refractivity contribution in [3.8, 4) is 0 Å². The molecule has 0 aromatic heterocycles. The van der Waals surface area contributed by atoms with Gasteiger partial charge in [0.2, 0.25) is 5.91 Å². The second kappa shape index (κ2) is 5.49. The number of nitrogens with zero attached hydrogens (tertiary/aromatic N) is 1. The molecule has 0 spiro atoms. The zero-order valence-electron chi connectivity index (χ0n) is 11.8. The first kappa shape index (κ1) is 14.3. The van der Waals surface area contributed by atoms with Crippen LogP contribution in [0.15, 0.2) is 0 Å². The highest BCUT2D eigenvalue weighted by atomic mass is 16.4. The van der Waals surface area contributed by atoms with Crippen molar-refractivity contribution in [1.82, 2.24) is 10.2 Å². The molecule has 0 radical (unpaired) electrons. The molecule has 0 aromatic rings. The standard InChI is InChI=1S/C14H24N2O3/c1-10(2)16-7-4-11(9-16)8-15-12(17)14(13(18)19)5-3-6-14/h10-11H,3-9H2,1-2H3,(H,15,17)(H,18,19). The second-order valence-corrected chi connectivity index (χ2v) is 6.19. The maximum absolute atomic E-state index is 12.1. The van der Waals surface area contributed by atoms with E-state index in [1.165, 1.54) is 0 Å². The highest BCUT2D eigenvalue weighted by Gasteiger charge is 2.51. The number of rotatable bonds is 5. The molecular weight excluding hydrogens is 244 g/mol. The van der Waals surface area contributed by atoms with Crippen molar-refractivity contribution in [2.24, 2.45) is 11.3 Å². The third-order valence-electron chi connectivity index (χ3n) is 4.65. The fourth-order valence-corrected chi connectivity index (χ4v) is 2.97. The molecular formula is C14H24N2O3. The molecule has 1 saturated carbocycles. The number of carboxylic acids is 1. The van der Waals surface area contributed by atoms with Crippen LogP contribution in [0.4, 0.5) is 0 Å². The summed E-state index contributed by atoms with van der Waals surface area (Å²) in [4.78, 5) is 25.7. The van der Waals surface area contributed by atoms with Gasteiger partial charge in [0.1, 0.15) is 5.41 Å². The Morgan fingerprint density at radius 3 is 2.53 bits per heavy atom. The molecule has 2 N–H and O–H groups in total. The van der Waals surface area contributed by atoms with E-state index in [1.54, 1.807) is 0 Å². The smallest absolute Gasteiger partial charge is 0.319 e. The Balaban J connectivity index is 1.80. The first-order chi connectivity index (χ1) is 8.95. The average molecular weight is 268 g/mol.